The van der Waals surface area contributed by atoms with Gasteiger partial charge in [0.05, 0.1) is 17.0 Å². The van der Waals surface area contributed by atoms with E-state index in [9.17, 15) is 13.2 Å². The molecular weight excluding hydrogens is 388 g/mol. The molecule has 8 heteroatoms. The van der Waals surface area contributed by atoms with Gasteiger partial charge in [-0.05, 0) is 44.3 Å². The summed E-state index contributed by atoms with van der Waals surface area (Å²) in [5.74, 6) is 0. The summed E-state index contributed by atoms with van der Waals surface area (Å²) in [4.78, 5) is 17.3. The number of likely N-dealkylation sites (N-methyl/N-ethyl adjacent to an activating group) is 1. The number of carbonyl (C=O) groups excluding carboxylic acids is 1. The van der Waals surface area contributed by atoms with E-state index < -0.39 is 10.0 Å². The van der Waals surface area contributed by atoms with Crippen molar-refractivity contribution < 1.29 is 13.2 Å². The topological polar surface area (TPSA) is 81.8 Å². The maximum absolute atomic E-state index is 13.1. The highest BCUT2D eigenvalue weighted by Crippen LogP contribution is 2.26. The van der Waals surface area contributed by atoms with Crippen LogP contribution in [0, 0.1) is 0 Å². The minimum Gasteiger partial charge on any atom is -0.331 e. The summed E-state index contributed by atoms with van der Waals surface area (Å²) in [5.41, 5.74) is 1.84. The minimum atomic E-state index is -3.53. The number of amides is 2. The molecule has 1 fully saturated rings. The molecule has 29 heavy (non-hydrogen) atoms. The number of sulfonamides is 1. The normalized spacial score (nSPS) is 19.0. The van der Waals surface area contributed by atoms with Gasteiger partial charge in [-0.2, -0.15) is 0 Å². The second-order valence-electron chi connectivity index (χ2n) is 7.33. The Balaban J connectivity index is 1.77. The lowest BCUT2D eigenvalue weighted by atomic mass is 10.0. The summed E-state index contributed by atoms with van der Waals surface area (Å²) in [7, 11) is -0.0964. The molecule has 3 rings (SSSR count). The molecule has 0 saturated carbocycles. The van der Waals surface area contributed by atoms with E-state index in [0.29, 0.717) is 6.54 Å². The molecule has 1 aliphatic heterocycles. The monoisotopic (exact) mass is 416 g/mol. The molecule has 2 atom stereocenters. The zero-order chi connectivity index (χ0) is 21.0. The maximum Gasteiger partial charge on any atom is 0.318 e. The van der Waals surface area contributed by atoms with Gasteiger partial charge in [0.2, 0.25) is 10.0 Å². The Bertz CT molecular complexity index is 949. The van der Waals surface area contributed by atoms with Gasteiger partial charge in [0, 0.05) is 19.6 Å². The van der Waals surface area contributed by atoms with E-state index in [1.54, 1.807) is 12.1 Å². The van der Waals surface area contributed by atoms with Crippen LogP contribution in [0.1, 0.15) is 30.1 Å². The average molecular weight is 417 g/mol. The number of hydrogen-bond donors (Lipinski definition) is 2. The molecule has 2 unspecified atom stereocenters. The first-order valence-corrected chi connectivity index (χ1v) is 11.1. The number of urea groups is 1. The molecule has 0 bridgehead atoms. The predicted molar refractivity (Wildman–Crippen MR) is 113 cm³/mol. The van der Waals surface area contributed by atoms with Gasteiger partial charge in [-0.15, -0.1) is 0 Å². The Morgan fingerprint density at radius 1 is 1.10 bits per heavy atom. The van der Waals surface area contributed by atoms with Crippen LogP contribution >= 0.6 is 0 Å². The highest BCUT2D eigenvalue weighted by Gasteiger charge is 2.31. The molecule has 1 aliphatic rings. The van der Waals surface area contributed by atoms with Crippen molar-refractivity contribution in [3.63, 3.8) is 0 Å². The number of carbonyl (C=O) groups is 1. The van der Waals surface area contributed by atoms with Gasteiger partial charge >= 0.3 is 6.03 Å². The fraction of sp³-hybridized carbons (Fsp3) is 0.381. The first-order chi connectivity index (χ1) is 13.8. The standard InChI is InChI=1S/C21H28N4O3S/c1-16(18-10-7-11-19(14-18)29(27,28)22-2)23-21(26)25-13-12-24(3)15-20(25)17-8-5-4-6-9-17/h4-11,14,16,20,22H,12-13,15H2,1-3H3,(H,23,26). The second-order valence-corrected chi connectivity index (χ2v) is 9.22. The van der Waals surface area contributed by atoms with Crippen molar-refractivity contribution in [3.05, 3.63) is 65.7 Å². The molecule has 0 radical (unpaired) electrons. The lowest BCUT2D eigenvalue weighted by molar-refractivity contribution is 0.107. The smallest absolute Gasteiger partial charge is 0.318 e. The van der Waals surface area contributed by atoms with Crippen molar-refractivity contribution >= 4 is 16.1 Å². The molecule has 0 aromatic heterocycles. The van der Waals surface area contributed by atoms with E-state index in [0.717, 1.165) is 24.2 Å². The molecule has 2 amide bonds. The maximum atomic E-state index is 13.1. The molecule has 2 aromatic rings. The number of benzene rings is 2. The lowest BCUT2D eigenvalue weighted by Crippen LogP contribution is -2.52. The third-order valence-corrected chi connectivity index (χ3v) is 6.72. The molecule has 0 spiro atoms. The molecule has 2 aromatic carbocycles. The summed E-state index contributed by atoms with van der Waals surface area (Å²) in [6.45, 7) is 4.06. The summed E-state index contributed by atoms with van der Waals surface area (Å²) in [6, 6.07) is 16.1. The number of nitrogens with one attached hydrogen (secondary N) is 2. The van der Waals surface area contributed by atoms with Gasteiger partial charge < -0.3 is 15.1 Å². The van der Waals surface area contributed by atoms with Crippen molar-refractivity contribution in [3.8, 4) is 0 Å². The van der Waals surface area contributed by atoms with Gasteiger partial charge in [0.1, 0.15) is 0 Å². The van der Waals surface area contributed by atoms with Gasteiger partial charge in [0.15, 0.2) is 0 Å². The molecular formula is C21H28N4O3S. The van der Waals surface area contributed by atoms with E-state index in [1.807, 2.05) is 48.2 Å². The van der Waals surface area contributed by atoms with Crippen molar-refractivity contribution in [1.29, 1.82) is 0 Å². The lowest BCUT2D eigenvalue weighted by Gasteiger charge is -2.40. The second kappa shape index (κ2) is 8.94. The zero-order valence-corrected chi connectivity index (χ0v) is 17.8. The first-order valence-electron chi connectivity index (χ1n) is 9.66. The van der Waals surface area contributed by atoms with Crippen LogP contribution in [-0.2, 0) is 10.0 Å². The Hall–Kier alpha value is -2.42. The number of piperazine rings is 1. The van der Waals surface area contributed by atoms with E-state index in [4.69, 9.17) is 0 Å². The molecule has 1 saturated heterocycles. The van der Waals surface area contributed by atoms with Gasteiger partial charge in [0.25, 0.3) is 0 Å². The highest BCUT2D eigenvalue weighted by atomic mass is 32.2. The Labute approximate surface area is 172 Å². The van der Waals surface area contributed by atoms with E-state index in [2.05, 4.69) is 22.0 Å². The number of nitrogens with zero attached hydrogens (tertiary/aromatic N) is 2. The fourth-order valence-corrected chi connectivity index (χ4v) is 4.33. The zero-order valence-electron chi connectivity index (χ0n) is 17.0. The third-order valence-electron chi connectivity index (χ3n) is 5.31. The molecule has 0 aliphatic carbocycles. The van der Waals surface area contributed by atoms with Crippen LogP contribution in [0.25, 0.3) is 0 Å². The highest BCUT2D eigenvalue weighted by molar-refractivity contribution is 7.89. The fourth-order valence-electron chi connectivity index (χ4n) is 3.54. The molecule has 7 nitrogen and oxygen atoms in total. The summed E-state index contributed by atoms with van der Waals surface area (Å²) < 4.78 is 26.4. The molecule has 1 heterocycles. The Morgan fingerprint density at radius 3 is 2.52 bits per heavy atom. The van der Waals surface area contributed by atoms with Crippen molar-refractivity contribution in [1.82, 2.24) is 19.8 Å². The average Bonchev–Trinajstić information content (AvgIpc) is 2.74. The van der Waals surface area contributed by atoms with E-state index in [-0.39, 0.29) is 23.0 Å². The Kier molecular flexibility index (Phi) is 6.56. The van der Waals surface area contributed by atoms with E-state index >= 15 is 0 Å². The van der Waals surface area contributed by atoms with Crippen LogP contribution in [-0.4, -0.2) is 58.0 Å². The molecule has 156 valence electrons. The Morgan fingerprint density at radius 2 is 1.83 bits per heavy atom. The molecule has 2 N–H and O–H groups in total. The quantitative estimate of drug-likeness (QED) is 0.784. The summed E-state index contributed by atoms with van der Waals surface area (Å²) >= 11 is 0. The van der Waals surface area contributed by atoms with Crippen LogP contribution in [0.2, 0.25) is 0 Å². The number of hydrogen-bond acceptors (Lipinski definition) is 4. The number of rotatable bonds is 5. The summed E-state index contributed by atoms with van der Waals surface area (Å²) in [5, 5.41) is 3.03. The largest absolute Gasteiger partial charge is 0.331 e. The van der Waals surface area contributed by atoms with E-state index in [1.165, 1.54) is 13.1 Å². The first kappa shape index (κ1) is 21.3. The van der Waals surface area contributed by atoms with Gasteiger partial charge in [-0.25, -0.2) is 17.9 Å². The van der Waals surface area contributed by atoms with Crippen molar-refractivity contribution in [2.24, 2.45) is 0 Å². The summed E-state index contributed by atoms with van der Waals surface area (Å²) in [6.07, 6.45) is 0. The van der Waals surface area contributed by atoms with Crippen molar-refractivity contribution in [2.45, 2.75) is 23.9 Å². The van der Waals surface area contributed by atoms with Crippen LogP contribution in [0.15, 0.2) is 59.5 Å². The van der Waals surface area contributed by atoms with Gasteiger partial charge in [-0.1, -0.05) is 42.5 Å². The van der Waals surface area contributed by atoms with Crippen molar-refractivity contribution in [2.75, 3.05) is 33.7 Å². The van der Waals surface area contributed by atoms with Crippen LogP contribution in [0.5, 0.6) is 0 Å². The SMILES string of the molecule is CNS(=O)(=O)c1cccc(C(C)NC(=O)N2CCN(C)CC2c2ccccc2)c1. The minimum absolute atomic E-state index is 0.0295. The van der Waals surface area contributed by atoms with Crippen LogP contribution in [0.3, 0.4) is 0 Å². The van der Waals surface area contributed by atoms with Gasteiger partial charge in [-0.3, -0.25) is 0 Å². The van der Waals surface area contributed by atoms with Crippen LogP contribution in [0.4, 0.5) is 4.79 Å². The predicted octanol–water partition coefficient (Wildman–Crippen LogP) is 2.35. The third kappa shape index (κ3) is 4.95. The van der Waals surface area contributed by atoms with Crippen LogP contribution < -0.4 is 10.0 Å².